The number of carbonyl (C=O) groups is 3. The molecule has 7 nitrogen and oxygen atoms in total. The molecule has 0 bridgehead atoms. The molecule has 1 fully saturated rings. The van der Waals surface area contributed by atoms with Crippen LogP contribution in [0.3, 0.4) is 0 Å². The lowest BCUT2D eigenvalue weighted by Crippen LogP contribution is -2.47. The quantitative estimate of drug-likeness (QED) is 0.590. The summed E-state index contributed by atoms with van der Waals surface area (Å²) in [7, 11) is 0. The summed E-state index contributed by atoms with van der Waals surface area (Å²) in [5.41, 5.74) is 4.60. The molecule has 4 rings (SSSR count). The van der Waals surface area contributed by atoms with Crippen molar-refractivity contribution in [3.8, 4) is 11.1 Å². The Bertz CT molecular complexity index is 991. The molecule has 0 heterocycles. The number of amides is 2. The molecule has 2 aliphatic rings. The summed E-state index contributed by atoms with van der Waals surface area (Å²) in [5.74, 6) is -1.71. The van der Waals surface area contributed by atoms with Gasteiger partial charge in [0.1, 0.15) is 6.61 Å². The highest BCUT2D eigenvalue weighted by molar-refractivity contribution is 5.80. The van der Waals surface area contributed by atoms with Crippen LogP contribution in [0.15, 0.2) is 48.5 Å². The van der Waals surface area contributed by atoms with E-state index in [0.717, 1.165) is 35.1 Å². The van der Waals surface area contributed by atoms with E-state index in [2.05, 4.69) is 34.9 Å². The number of fused-ring (bicyclic) bond motifs is 3. The number of carbonyl (C=O) groups excluding carboxylic acids is 2. The molecule has 0 spiro atoms. The van der Waals surface area contributed by atoms with E-state index in [9.17, 15) is 19.5 Å². The topological polar surface area (TPSA) is 105 Å². The van der Waals surface area contributed by atoms with Crippen molar-refractivity contribution in [3.05, 3.63) is 59.7 Å². The Kier molecular flexibility index (Phi) is 6.96. The van der Waals surface area contributed by atoms with Gasteiger partial charge in [-0.3, -0.25) is 9.59 Å². The van der Waals surface area contributed by atoms with Gasteiger partial charge >= 0.3 is 12.1 Å². The van der Waals surface area contributed by atoms with Crippen LogP contribution in [0, 0.1) is 5.92 Å². The first kappa shape index (κ1) is 22.8. The Labute approximate surface area is 193 Å². The zero-order valence-electron chi connectivity index (χ0n) is 18.8. The monoisotopic (exact) mass is 450 g/mol. The van der Waals surface area contributed by atoms with Gasteiger partial charge in [0, 0.05) is 24.4 Å². The molecule has 2 aliphatic carbocycles. The zero-order chi connectivity index (χ0) is 23.4. The zero-order valence-corrected chi connectivity index (χ0v) is 18.8. The fourth-order valence-corrected chi connectivity index (χ4v) is 5.04. The van der Waals surface area contributed by atoms with Crippen molar-refractivity contribution in [2.24, 2.45) is 5.92 Å². The predicted octanol–water partition coefficient (Wildman–Crippen LogP) is 4.06. The molecule has 33 heavy (non-hydrogen) atoms. The number of hydrogen-bond acceptors (Lipinski definition) is 4. The third kappa shape index (κ3) is 5.18. The van der Waals surface area contributed by atoms with Crippen molar-refractivity contribution in [2.75, 3.05) is 6.61 Å². The van der Waals surface area contributed by atoms with Crippen molar-refractivity contribution in [2.45, 2.75) is 57.0 Å². The number of carboxylic acid groups (broad SMARTS) is 1. The molecule has 0 unspecified atom stereocenters. The SMILES string of the molecule is C[C@H](CC(=O)N[C@@H]1CCCC[C@@H]1C(=O)O)NC(=O)OCC1c2ccccc2-c2ccccc21. The van der Waals surface area contributed by atoms with Crippen molar-refractivity contribution in [1.29, 1.82) is 0 Å². The Morgan fingerprint density at radius 3 is 2.24 bits per heavy atom. The number of nitrogens with one attached hydrogen (secondary N) is 2. The first-order chi connectivity index (χ1) is 15.9. The highest BCUT2D eigenvalue weighted by atomic mass is 16.5. The maximum absolute atomic E-state index is 12.4. The Morgan fingerprint density at radius 1 is 1.00 bits per heavy atom. The van der Waals surface area contributed by atoms with E-state index in [1.54, 1.807) is 6.92 Å². The standard InChI is InChI=1S/C26H30N2O5/c1-16(14-24(29)28-23-13-7-6-12-21(23)25(30)31)27-26(32)33-15-22-19-10-4-2-8-17(19)18-9-3-5-11-20(18)22/h2-5,8-11,16,21-23H,6-7,12-15H2,1H3,(H,27,32)(H,28,29)(H,30,31)/t16-,21+,23-/m1/s1. The fraction of sp³-hybridized carbons (Fsp3) is 0.423. The van der Waals surface area contributed by atoms with Crippen LogP contribution in [0.4, 0.5) is 4.79 Å². The number of benzene rings is 2. The minimum Gasteiger partial charge on any atom is -0.481 e. The maximum Gasteiger partial charge on any atom is 0.407 e. The first-order valence-corrected chi connectivity index (χ1v) is 11.6. The van der Waals surface area contributed by atoms with Crippen LogP contribution in [0.1, 0.15) is 56.1 Å². The van der Waals surface area contributed by atoms with Gasteiger partial charge in [-0.15, -0.1) is 0 Å². The number of carboxylic acids is 1. The first-order valence-electron chi connectivity index (χ1n) is 11.6. The number of hydrogen-bond donors (Lipinski definition) is 3. The summed E-state index contributed by atoms with van der Waals surface area (Å²) in [4.78, 5) is 36.2. The number of rotatable bonds is 7. The maximum atomic E-state index is 12.4. The van der Waals surface area contributed by atoms with E-state index in [1.165, 1.54) is 0 Å². The molecule has 2 amide bonds. The highest BCUT2D eigenvalue weighted by Gasteiger charge is 2.32. The lowest BCUT2D eigenvalue weighted by Gasteiger charge is -2.29. The van der Waals surface area contributed by atoms with Crippen LogP contribution in [0.2, 0.25) is 0 Å². The van der Waals surface area contributed by atoms with E-state index >= 15 is 0 Å². The van der Waals surface area contributed by atoms with Gasteiger partial charge in [0.2, 0.25) is 5.91 Å². The van der Waals surface area contributed by atoms with Gasteiger partial charge in [0.25, 0.3) is 0 Å². The second-order valence-corrected chi connectivity index (χ2v) is 8.98. The summed E-state index contributed by atoms with van der Waals surface area (Å²) in [5, 5.41) is 14.9. The summed E-state index contributed by atoms with van der Waals surface area (Å²) in [6, 6.07) is 15.5. The van der Waals surface area contributed by atoms with Gasteiger partial charge < -0.3 is 20.5 Å². The summed E-state index contributed by atoms with van der Waals surface area (Å²) < 4.78 is 5.53. The van der Waals surface area contributed by atoms with Gasteiger partial charge in [0.15, 0.2) is 0 Å². The number of aliphatic carboxylic acids is 1. The van der Waals surface area contributed by atoms with Crippen LogP contribution < -0.4 is 10.6 Å². The van der Waals surface area contributed by atoms with Crippen LogP contribution in [0.5, 0.6) is 0 Å². The smallest absolute Gasteiger partial charge is 0.407 e. The molecule has 0 aliphatic heterocycles. The van der Waals surface area contributed by atoms with Gasteiger partial charge in [-0.25, -0.2) is 4.79 Å². The lowest BCUT2D eigenvalue weighted by atomic mass is 9.84. The normalized spacial score (nSPS) is 20.3. The molecule has 1 saturated carbocycles. The van der Waals surface area contributed by atoms with Gasteiger partial charge in [0.05, 0.1) is 5.92 Å². The lowest BCUT2D eigenvalue weighted by molar-refractivity contribution is -0.144. The largest absolute Gasteiger partial charge is 0.481 e. The average molecular weight is 451 g/mol. The molecule has 0 aromatic heterocycles. The molecular formula is C26H30N2O5. The molecule has 2 aromatic carbocycles. The highest BCUT2D eigenvalue weighted by Crippen LogP contribution is 2.44. The van der Waals surface area contributed by atoms with Crippen LogP contribution in [-0.2, 0) is 14.3 Å². The summed E-state index contributed by atoms with van der Waals surface area (Å²) >= 11 is 0. The van der Waals surface area contributed by atoms with Crippen molar-refractivity contribution >= 4 is 18.0 Å². The Hall–Kier alpha value is -3.35. The second kappa shape index (κ2) is 10.1. The minimum absolute atomic E-state index is 0.0268. The van der Waals surface area contributed by atoms with E-state index in [0.29, 0.717) is 12.8 Å². The van der Waals surface area contributed by atoms with Crippen molar-refractivity contribution in [3.63, 3.8) is 0 Å². The molecular weight excluding hydrogens is 420 g/mol. The molecule has 3 N–H and O–H groups in total. The summed E-state index contributed by atoms with van der Waals surface area (Å²) in [6.45, 7) is 1.94. The van der Waals surface area contributed by atoms with Crippen molar-refractivity contribution in [1.82, 2.24) is 10.6 Å². The van der Waals surface area contributed by atoms with Crippen LogP contribution >= 0.6 is 0 Å². The summed E-state index contributed by atoms with van der Waals surface area (Å²) in [6.07, 6.45) is 2.50. The third-order valence-corrected chi connectivity index (χ3v) is 6.63. The van der Waals surface area contributed by atoms with Gasteiger partial charge in [-0.1, -0.05) is 61.4 Å². The molecule has 0 radical (unpaired) electrons. The molecule has 2 aromatic rings. The molecule has 7 heteroatoms. The second-order valence-electron chi connectivity index (χ2n) is 8.98. The Balaban J connectivity index is 1.28. The molecule has 0 saturated heterocycles. The van der Waals surface area contributed by atoms with Crippen LogP contribution in [-0.4, -0.2) is 41.8 Å². The van der Waals surface area contributed by atoms with Gasteiger partial charge in [-0.2, -0.15) is 0 Å². The van der Waals surface area contributed by atoms with E-state index in [-0.39, 0.29) is 30.9 Å². The van der Waals surface area contributed by atoms with Gasteiger partial charge in [-0.05, 0) is 42.0 Å². The number of alkyl carbamates (subject to hydrolysis) is 1. The Morgan fingerprint density at radius 2 is 1.61 bits per heavy atom. The van der Waals surface area contributed by atoms with Crippen LogP contribution in [0.25, 0.3) is 11.1 Å². The fourth-order valence-electron chi connectivity index (χ4n) is 5.04. The van der Waals surface area contributed by atoms with E-state index in [4.69, 9.17) is 4.74 Å². The van der Waals surface area contributed by atoms with Crippen molar-refractivity contribution < 1.29 is 24.2 Å². The molecule has 3 atom stereocenters. The van der Waals surface area contributed by atoms with E-state index in [1.807, 2.05) is 24.3 Å². The number of ether oxygens (including phenoxy) is 1. The van der Waals surface area contributed by atoms with E-state index < -0.39 is 24.0 Å². The third-order valence-electron chi connectivity index (χ3n) is 6.63. The predicted molar refractivity (Wildman–Crippen MR) is 124 cm³/mol. The minimum atomic E-state index is -0.871. The molecule has 174 valence electrons. The average Bonchev–Trinajstić information content (AvgIpc) is 3.11.